The first-order chi connectivity index (χ1) is 11.1. The van der Waals surface area contributed by atoms with Crippen LogP contribution in [0.1, 0.15) is 10.4 Å². The molecule has 1 aromatic carbocycles. The number of halogens is 1. The van der Waals surface area contributed by atoms with Crippen LogP contribution in [-0.4, -0.2) is 35.9 Å². The molecule has 0 bridgehead atoms. The number of thiazole rings is 1. The fourth-order valence-electron chi connectivity index (χ4n) is 2.12. The van der Waals surface area contributed by atoms with Crippen LogP contribution in [0.15, 0.2) is 29.2 Å². The van der Waals surface area contributed by atoms with Crippen LogP contribution >= 0.6 is 22.9 Å². The lowest BCUT2D eigenvalue weighted by molar-refractivity contribution is 0.102. The molecule has 0 atom stereocenters. The average molecular weight is 348 g/mol. The van der Waals surface area contributed by atoms with Gasteiger partial charge in [0.2, 0.25) is 0 Å². The number of aromatic nitrogens is 6. The van der Waals surface area contributed by atoms with Gasteiger partial charge in [0, 0.05) is 11.2 Å². The predicted octanol–water partition coefficient (Wildman–Crippen LogP) is 1.33. The molecule has 0 aliphatic heterocycles. The number of nitrogens with zero attached hydrogens (tertiary/aromatic N) is 5. The van der Waals surface area contributed by atoms with Crippen molar-refractivity contribution in [2.75, 3.05) is 5.32 Å². The van der Waals surface area contributed by atoms with E-state index in [1.54, 1.807) is 18.2 Å². The molecule has 0 fully saturated rings. The second-order valence-corrected chi connectivity index (χ2v) is 5.94. The Kier molecular flexibility index (Phi) is 3.06. The van der Waals surface area contributed by atoms with Gasteiger partial charge in [0.25, 0.3) is 17.4 Å². The van der Waals surface area contributed by atoms with Gasteiger partial charge in [0.15, 0.2) is 4.96 Å². The first-order valence-corrected chi connectivity index (χ1v) is 7.47. The highest BCUT2D eigenvalue weighted by atomic mass is 35.5. The van der Waals surface area contributed by atoms with E-state index in [1.165, 1.54) is 21.9 Å². The van der Waals surface area contributed by atoms with E-state index in [2.05, 4.69) is 30.9 Å². The maximum Gasteiger partial charge on any atom is 0.271 e. The highest BCUT2D eigenvalue weighted by Crippen LogP contribution is 2.26. The van der Waals surface area contributed by atoms with Crippen LogP contribution in [-0.2, 0) is 0 Å². The number of anilines is 1. The van der Waals surface area contributed by atoms with Crippen molar-refractivity contribution in [3.8, 4) is 0 Å². The van der Waals surface area contributed by atoms with E-state index in [0.717, 1.165) is 4.70 Å². The van der Waals surface area contributed by atoms with E-state index in [-0.39, 0.29) is 11.5 Å². The van der Waals surface area contributed by atoms with Gasteiger partial charge < -0.3 is 0 Å². The number of H-pyrrole nitrogens is 1. The maximum atomic E-state index is 12.6. The Labute approximate surface area is 135 Å². The van der Waals surface area contributed by atoms with E-state index < -0.39 is 11.5 Å². The number of amides is 1. The molecule has 9 nitrogen and oxygen atoms in total. The predicted molar refractivity (Wildman–Crippen MR) is 84.0 cm³/mol. The Bertz CT molecular complexity index is 1100. The van der Waals surface area contributed by atoms with E-state index >= 15 is 0 Å². The third-order valence-corrected chi connectivity index (χ3v) is 4.36. The fourth-order valence-corrected chi connectivity index (χ4v) is 3.38. The lowest BCUT2D eigenvalue weighted by atomic mass is 10.3. The van der Waals surface area contributed by atoms with Crippen molar-refractivity contribution in [1.29, 1.82) is 0 Å². The van der Waals surface area contributed by atoms with Crippen LogP contribution < -0.4 is 10.9 Å². The van der Waals surface area contributed by atoms with E-state index in [4.69, 9.17) is 11.6 Å². The molecule has 2 N–H and O–H groups in total. The molecule has 0 radical (unpaired) electrons. The number of aromatic amines is 1. The topological polar surface area (TPSA) is 118 Å². The van der Waals surface area contributed by atoms with Gasteiger partial charge in [-0.1, -0.05) is 28.0 Å². The molecule has 4 aromatic rings. The SMILES string of the molecule is O=C(Nc1nn[nH]n1)c1cnc2sc3cc(Cl)ccc3n2c1=O. The maximum absolute atomic E-state index is 12.6. The number of fused-ring (bicyclic) bond motifs is 3. The molecule has 1 amide bonds. The molecule has 0 aliphatic rings. The summed E-state index contributed by atoms with van der Waals surface area (Å²) in [5.74, 6) is -0.687. The summed E-state index contributed by atoms with van der Waals surface area (Å²) in [6.45, 7) is 0. The normalized spacial score (nSPS) is 11.2. The largest absolute Gasteiger partial charge is 0.288 e. The molecule has 0 unspecified atom stereocenters. The molecule has 11 heteroatoms. The molecule has 23 heavy (non-hydrogen) atoms. The zero-order valence-electron chi connectivity index (χ0n) is 11.1. The Morgan fingerprint density at radius 3 is 3.04 bits per heavy atom. The Morgan fingerprint density at radius 2 is 2.26 bits per heavy atom. The van der Waals surface area contributed by atoms with Crippen LogP contribution in [0.4, 0.5) is 5.95 Å². The first kappa shape index (κ1) is 13.8. The van der Waals surface area contributed by atoms with Crippen molar-refractivity contribution < 1.29 is 4.79 Å². The van der Waals surface area contributed by atoms with Crippen LogP contribution in [0.25, 0.3) is 15.2 Å². The number of carbonyl (C=O) groups is 1. The summed E-state index contributed by atoms with van der Waals surface area (Å²) in [4.78, 5) is 29.5. The van der Waals surface area contributed by atoms with Gasteiger partial charge in [-0.2, -0.15) is 5.21 Å². The van der Waals surface area contributed by atoms with Crippen molar-refractivity contribution in [2.45, 2.75) is 0 Å². The minimum Gasteiger partial charge on any atom is -0.288 e. The van der Waals surface area contributed by atoms with Gasteiger partial charge in [0.1, 0.15) is 5.56 Å². The smallest absolute Gasteiger partial charge is 0.271 e. The third-order valence-electron chi connectivity index (χ3n) is 3.11. The van der Waals surface area contributed by atoms with Crippen molar-refractivity contribution in [3.63, 3.8) is 0 Å². The van der Waals surface area contributed by atoms with Crippen LogP contribution in [0, 0.1) is 0 Å². The fraction of sp³-hybridized carbons (Fsp3) is 0. The summed E-state index contributed by atoms with van der Waals surface area (Å²) in [7, 11) is 0. The number of hydrogen-bond donors (Lipinski definition) is 2. The minimum atomic E-state index is -0.661. The third kappa shape index (κ3) is 2.24. The zero-order chi connectivity index (χ0) is 16.0. The first-order valence-electron chi connectivity index (χ1n) is 6.28. The number of tetrazole rings is 1. The van der Waals surface area contributed by atoms with Crippen LogP contribution in [0.3, 0.4) is 0 Å². The number of nitrogens with one attached hydrogen (secondary N) is 2. The summed E-state index contributed by atoms with van der Waals surface area (Å²) in [5, 5.41) is 15.7. The van der Waals surface area contributed by atoms with Crippen molar-refractivity contribution in [2.24, 2.45) is 0 Å². The Hall–Kier alpha value is -2.85. The molecule has 0 saturated carbocycles. The molecule has 0 aliphatic carbocycles. The average Bonchev–Trinajstić information content (AvgIpc) is 3.14. The molecule has 3 heterocycles. The van der Waals surface area contributed by atoms with Gasteiger partial charge in [-0.25, -0.2) is 4.98 Å². The minimum absolute atomic E-state index is 0.0264. The molecule has 0 spiro atoms. The van der Waals surface area contributed by atoms with Gasteiger partial charge >= 0.3 is 0 Å². The van der Waals surface area contributed by atoms with Gasteiger partial charge in [-0.15, -0.1) is 5.10 Å². The summed E-state index contributed by atoms with van der Waals surface area (Å²) >= 11 is 7.27. The monoisotopic (exact) mass is 347 g/mol. The second-order valence-electron chi connectivity index (χ2n) is 4.50. The van der Waals surface area contributed by atoms with Crippen LogP contribution in [0.2, 0.25) is 5.02 Å². The number of carbonyl (C=O) groups excluding carboxylic acids is 1. The molecule has 114 valence electrons. The Morgan fingerprint density at radius 1 is 1.39 bits per heavy atom. The Balaban J connectivity index is 1.88. The highest BCUT2D eigenvalue weighted by molar-refractivity contribution is 7.23. The number of hydrogen-bond acceptors (Lipinski definition) is 7. The van der Waals surface area contributed by atoms with Crippen molar-refractivity contribution >= 4 is 50.0 Å². The van der Waals surface area contributed by atoms with Crippen LogP contribution in [0.5, 0.6) is 0 Å². The van der Waals surface area contributed by atoms with E-state index in [0.29, 0.717) is 15.5 Å². The highest BCUT2D eigenvalue weighted by Gasteiger charge is 2.17. The van der Waals surface area contributed by atoms with E-state index in [1.807, 2.05) is 0 Å². The molecular weight excluding hydrogens is 342 g/mol. The standard InChI is InChI=1S/C12H6ClN7O2S/c13-5-1-2-7-8(3-5)23-12-14-4-6(10(22)20(7)12)9(21)15-11-16-18-19-17-11/h1-4H,(H2,15,16,17,18,19,21). The van der Waals surface area contributed by atoms with Crippen molar-refractivity contribution in [3.05, 3.63) is 45.3 Å². The summed E-state index contributed by atoms with van der Waals surface area (Å²) in [6, 6.07) is 5.13. The molecule has 4 rings (SSSR count). The molecule has 0 saturated heterocycles. The summed E-state index contributed by atoms with van der Waals surface area (Å²) in [5.41, 5.74) is 0.0348. The summed E-state index contributed by atoms with van der Waals surface area (Å²) < 4.78 is 2.18. The lowest BCUT2D eigenvalue weighted by Gasteiger charge is -2.01. The van der Waals surface area contributed by atoms with Gasteiger partial charge in [0.05, 0.1) is 10.2 Å². The van der Waals surface area contributed by atoms with Gasteiger partial charge in [-0.05, 0) is 23.4 Å². The quantitative estimate of drug-likeness (QED) is 0.564. The number of rotatable bonds is 2. The van der Waals surface area contributed by atoms with Crippen molar-refractivity contribution in [1.82, 2.24) is 30.0 Å². The second kappa shape index (κ2) is 5.11. The molecule has 3 aromatic heterocycles. The van der Waals surface area contributed by atoms with Gasteiger partial charge in [-0.3, -0.25) is 19.3 Å². The lowest BCUT2D eigenvalue weighted by Crippen LogP contribution is -2.26. The zero-order valence-corrected chi connectivity index (χ0v) is 12.7. The van der Waals surface area contributed by atoms with E-state index in [9.17, 15) is 9.59 Å². The summed E-state index contributed by atoms with van der Waals surface area (Å²) in [6.07, 6.45) is 1.23. The number of benzene rings is 1. The molecular formula is C12H6ClN7O2S.